The van der Waals surface area contributed by atoms with Crippen LogP contribution in [0.25, 0.3) is 0 Å². The van der Waals surface area contributed by atoms with E-state index < -0.39 is 0 Å². The van der Waals surface area contributed by atoms with Crippen LogP contribution >= 0.6 is 0 Å². The minimum atomic E-state index is 0.140. The maximum atomic E-state index is 6.14. The molecule has 0 aliphatic carbocycles. The van der Waals surface area contributed by atoms with Crippen LogP contribution in [-0.4, -0.2) is 6.61 Å². The lowest BCUT2D eigenvalue weighted by Crippen LogP contribution is -2.09. The summed E-state index contributed by atoms with van der Waals surface area (Å²) in [6.45, 7) is 5.18. The van der Waals surface area contributed by atoms with Crippen LogP contribution in [0, 0.1) is 0 Å². The second-order valence-corrected chi connectivity index (χ2v) is 4.52. The lowest BCUT2D eigenvalue weighted by molar-refractivity contribution is 0.312. The number of fused-ring (bicyclic) bond motifs is 1. The van der Waals surface area contributed by atoms with Crippen molar-refractivity contribution in [1.29, 1.82) is 0 Å². The zero-order chi connectivity index (χ0) is 10.8. The Morgan fingerprint density at radius 2 is 2.20 bits per heavy atom. The Balaban J connectivity index is 2.48. The summed E-state index contributed by atoms with van der Waals surface area (Å²) in [5.74, 6) is 1.53. The number of ether oxygens (including phenoxy) is 1. The van der Waals surface area contributed by atoms with Gasteiger partial charge in [0.1, 0.15) is 5.75 Å². The Kier molecular flexibility index (Phi) is 2.96. The zero-order valence-electron chi connectivity index (χ0n) is 9.49. The van der Waals surface area contributed by atoms with E-state index in [1.54, 1.807) is 0 Å². The number of benzene rings is 1. The molecule has 0 bridgehead atoms. The first kappa shape index (κ1) is 10.5. The summed E-state index contributed by atoms with van der Waals surface area (Å²) in [4.78, 5) is 0. The van der Waals surface area contributed by atoms with Crippen molar-refractivity contribution >= 4 is 0 Å². The first-order valence-electron chi connectivity index (χ1n) is 5.71. The van der Waals surface area contributed by atoms with Gasteiger partial charge in [-0.05, 0) is 24.3 Å². The Bertz CT molecular complexity index is 346. The molecule has 0 saturated carbocycles. The van der Waals surface area contributed by atoms with Gasteiger partial charge in [0, 0.05) is 11.6 Å². The highest BCUT2D eigenvalue weighted by Gasteiger charge is 2.19. The third kappa shape index (κ3) is 2.00. The standard InChI is InChI=1S/C13H19NO/c1-9(2)10-5-3-6-11-12(14)7-4-8-15-13(10)11/h3,5-6,9,12H,4,7-8,14H2,1-2H3/t12-/m0/s1. The Morgan fingerprint density at radius 3 is 2.93 bits per heavy atom. The van der Waals surface area contributed by atoms with Crippen molar-refractivity contribution in [2.45, 2.75) is 38.6 Å². The fourth-order valence-corrected chi connectivity index (χ4v) is 2.12. The molecule has 2 nitrogen and oxygen atoms in total. The normalized spacial score (nSPS) is 20.7. The van der Waals surface area contributed by atoms with Gasteiger partial charge in [-0.2, -0.15) is 0 Å². The lowest BCUT2D eigenvalue weighted by atomic mass is 9.95. The molecule has 1 aromatic carbocycles. The molecule has 0 amide bonds. The second kappa shape index (κ2) is 4.23. The van der Waals surface area contributed by atoms with E-state index in [2.05, 4.69) is 32.0 Å². The average molecular weight is 205 g/mol. The molecule has 15 heavy (non-hydrogen) atoms. The van der Waals surface area contributed by atoms with Gasteiger partial charge in [0.2, 0.25) is 0 Å². The van der Waals surface area contributed by atoms with E-state index in [9.17, 15) is 0 Å². The minimum Gasteiger partial charge on any atom is -0.493 e. The van der Waals surface area contributed by atoms with Gasteiger partial charge in [0.15, 0.2) is 0 Å². The molecule has 0 spiro atoms. The monoisotopic (exact) mass is 205 g/mol. The van der Waals surface area contributed by atoms with Crippen LogP contribution in [0.1, 0.15) is 49.8 Å². The molecular weight excluding hydrogens is 186 g/mol. The number of hydrogen-bond donors (Lipinski definition) is 1. The van der Waals surface area contributed by atoms with Crippen molar-refractivity contribution in [3.63, 3.8) is 0 Å². The van der Waals surface area contributed by atoms with Crippen LogP contribution in [0.15, 0.2) is 18.2 Å². The molecular formula is C13H19NO. The summed E-state index contributed by atoms with van der Waals surface area (Å²) in [5, 5.41) is 0. The molecule has 2 N–H and O–H groups in total. The fraction of sp³-hybridized carbons (Fsp3) is 0.538. The van der Waals surface area contributed by atoms with Crippen LogP contribution in [0.4, 0.5) is 0 Å². The maximum absolute atomic E-state index is 6.14. The molecule has 2 rings (SSSR count). The SMILES string of the molecule is CC(C)c1cccc2c1OCCC[C@@H]2N. The Morgan fingerprint density at radius 1 is 1.40 bits per heavy atom. The van der Waals surface area contributed by atoms with Crippen LogP contribution in [0.2, 0.25) is 0 Å². The van der Waals surface area contributed by atoms with Gasteiger partial charge in [0.25, 0.3) is 0 Å². The topological polar surface area (TPSA) is 35.2 Å². The van der Waals surface area contributed by atoms with Crippen molar-refractivity contribution in [2.24, 2.45) is 5.73 Å². The van der Waals surface area contributed by atoms with E-state index in [4.69, 9.17) is 10.5 Å². The van der Waals surface area contributed by atoms with E-state index in [0.29, 0.717) is 5.92 Å². The summed E-state index contributed by atoms with van der Waals surface area (Å²) in [6.07, 6.45) is 2.07. The van der Waals surface area contributed by atoms with Gasteiger partial charge in [-0.25, -0.2) is 0 Å². The van der Waals surface area contributed by atoms with Crippen molar-refractivity contribution in [2.75, 3.05) is 6.61 Å². The molecule has 2 heteroatoms. The van der Waals surface area contributed by atoms with E-state index in [-0.39, 0.29) is 6.04 Å². The number of nitrogens with two attached hydrogens (primary N) is 1. The van der Waals surface area contributed by atoms with Crippen LogP contribution < -0.4 is 10.5 Å². The van der Waals surface area contributed by atoms with Crippen LogP contribution in [0.3, 0.4) is 0 Å². The quantitative estimate of drug-likeness (QED) is 0.765. The van der Waals surface area contributed by atoms with Crippen molar-refractivity contribution < 1.29 is 4.74 Å². The number of rotatable bonds is 1. The number of para-hydroxylation sites is 1. The molecule has 1 atom stereocenters. The largest absolute Gasteiger partial charge is 0.493 e. The van der Waals surface area contributed by atoms with Crippen LogP contribution in [0.5, 0.6) is 5.75 Å². The van der Waals surface area contributed by atoms with Gasteiger partial charge in [-0.1, -0.05) is 32.0 Å². The van der Waals surface area contributed by atoms with E-state index in [0.717, 1.165) is 25.2 Å². The molecule has 0 aromatic heterocycles. The summed E-state index contributed by atoms with van der Waals surface area (Å²) in [7, 11) is 0. The predicted octanol–water partition coefficient (Wildman–Crippen LogP) is 2.98. The summed E-state index contributed by atoms with van der Waals surface area (Å²) in [5.41, 5.74) is 8.60. The maximum Gasteiger partial charge on any atom is 0.127 e. The van der Waals surface area contributed by atoms with Crippen molar-refractivity contribution in [3.8, 4) is 5.75 Å². The smallest absolute Gasteiger partial charge is 0.127 e. The van der Waals surface area contributed by atoms with Crippen LogP contribution in [-0.2, 0) is 0 Å². The van der Waals surface area contributed by atoms with Crippen molar-refractivity contribution in [1.82, 2.24) is 0 Å². The summed E-state index contributed by atoms with van der Waals surface area (Å²) < 4.78 is 5.83. The van der Waals surface area contributed by atoms with Gasteiger partial charge in [0.05, 0.1) is 6.61 Å². The minimum absolute atomic E-state index is 0.140. The molecule has 1 heterocycles. The molecule has 82 valence electrons. The molecule has 0 unspecified atom stereocenters. The van der Waals surface area contributed by atoms with Gasteiger partial charge in [-0.15, -0.1) is 0 Å². The van der Waals surface area contributed by atoms with E-state index in [1.165, 1.54) is 11.1 Å². The highest BCUT2D eigenvalue weighted by Crippen LogP contribution is 2.36. The third-order valence-corrected chi connectivity index (χ3v) is 3.00. The Labute approximate surface area is 91.4 Å². The second-order valence-electron chi connectivity index (χ2n) is 4.52. The summed E-state index contributed by atoms with van der Waals surface area (Å²) in [6, 6.07) is 6.46. The fourth-order valence-electron chi connectivity index (χ4n) is 2.12. The molecule has 0 saturated heterocycles. The molecule has 1 aromatic rings. The highest BCUT2D eigenvalue weighted by atomic mass is 16.5. The third-order valence-electron chi connectivity index (χ3n) is 3.00. The highest BCUT2D eigenvalue weighted by molar-refractivity contribution is 5.45. The van der Waals surface area contributed by atoms with Gasteiger partial charge < -0.3 is 10.5 Å². The first-order chi connectivity index (χ1) is 7.20. The first-order valence-corrected chi connectivity index (χ1v) is 5.71. The molecule has 0 fully saturated rings. The average Bonchev–Trinajstić information content (AvgIpc) is 2.40. The van der Waals surface area contributed by atoms with E-state index in [1.807, 2.05) is 0 Å². The molecule has 1 aliphatic heterocycles. The zero-order valence-corrected chi connectivity index (χ0v) is 9.49. The lowest BCUT2D eigenvalue weighted by Gasteiger charge is -2.17. The number of hydrogen-bond acceptors (Lipinski definition) is 2. The van der Waals surface area contributed by atoms with Gasteiger partial charge >= 0.3 is 0 Å². The van der Waals surface area contributed by atoms with E-state index >= 15 is 0 Å². The van der Waals surface area contributed by atoms with Gasteiger partial charge in [-0.3, -0.25) is 0 Å². The van der Waals surface area contributed by atoms with Crippen molar-refractivity contribution in [3.05, 3.63) is 29.3 Å². The molecule has 1 aliphatic rings. The molecule has 0 radical (unpaired) electrons. The predicted molar refractivity (Wildman–Crippen MR) is 62.2 cm³/mol. The Hall–Kier alpha value is -1.02. The summed E-state index contributed by atoms with van der Waals surface area (Å²) >= 11 is 0.